The standard InChI is InChI=1S/C12H14N2O2/c1-2-14-8-10(15)13-11(12(14)16)9-6-4-3-5-7-9/h3-7,11H,2,8H2,1H3,(H,13,15). The topological polar surface area (TPSA) is 49.4 Å². The van der Waals surface area contributed by atoms with E-state index >= 15 is 0 Å². The summed E-state index contributed by atoms with van der Waals surface area (Å²) in [6.07, 6.45) is 0. The highest BCUT2D eigenvalue weighted by atomic mass is 16.2. The van der Waals surface area contributed by atoms with E-state index in [0.717, 1.165) is 5.56 Å². The van der Waals surface area contributed by atoms with Crippen molar-refractivity contribution in [1.82, 2.24) is 10.2 Å². The summed E-state index contributed by atoms with van der Waals surface area (Å²) in [5.74, 6) is -0.136. The van der Waals surface area contributed by atoms with E-state index in [9.17, 15) is 9.59 Å². The van der Waals surface area contributed by atoms with Gasteiger partial charge in [0.25, 0.3) is 0 Å². The van der Waals surface area contributed by atoms with E-state index in [4.69, 9.17) is 0 Å². The Labute approximate surface area is 94.2 Å². The minimum atomic E-state index is -0.526. The molecule has 0 saturated carbocycles. The molecule has 1 aromatic rings. The molecule has 2 rings (SSSR count). The maximum Gasteiger partial charge on any atom is 0.250 e. The van der Waals surface area contributed by atoms with Crippen LogP contribution in [0.15, 0.2) is 30.3 Å². The molecular weight excluding hydrogens is 204 g/mol. The highest BCUT2D eigenvalue weighted by Gasteiger charge is 2.32. The molecule has 1 unspecified atom stereocenters. The molecule has 16 heavy (non-hydrogen) atoms. The maximum atomic E-state index is 12.0. The molecule has 1 aliphatic heterocycles. The van der Waals surface area contributed by atoms with E-state index in [1.807, 2.05) is 37.3 Å². The monoisotopic (exact) mass is 218 g/mol. The molecule has 1 aromatic carbocycles. The fourth-order valence-electron chi connectivity index (χ4n) is 1.84. The summed E-state index contributed by atoms with van der Waals surface area (Å²) in [5.41, 5.74) is 0.832. The molecule has 0 aromatic heterocycles. The lowest BCUT2D eigenvalue weighted by atomic mass is 10.0. The van der Waals surface area contributed by atoms with Crippen LogP contribution in [0.5, 0.6) is 0 Å². The van der Waals surface area contributed by atoms with Gasteiger partial charge in [0.2, 0.25) is 11.8 Å². The predicted molar refractivity (Wildman–Crippen MR) is 59.6 cm³/mol. The number of carbonyl (C=O) groups excluding carboxylic acids is 2. The van der Waals surface area contributed by atoms with Crippen molar-refractivity contribution in [1.29, 1.82) is 0 Å². The van der Waals surface area contributed by atoms with Gasteiger partial charge in [-0.2, -0.15) is 0 Å². The first-order chi connectivity index (χ1) is 7.72. The Morgan fingerprint density at radius 2 is 2.00 bits per heavy atom. The van der Waals surface area contributed by atoms with Gasteiger partial charge >= 0.3 is 0 Å². The van der Waals surface area contributed by atoms with Gasteiger partial charge in [0.1, 0.15) is 6.04 Å². The second-order valence-electron chi connectivity index (χ2n) is 3.76. The van der Waals surface area contributed by atoms with E-state index in [0.29, 0.717) is 6.54 Å². The number of carbonyl (C=O) groups is 2. The Balaban J connectivity index is 2.27. The molecule has 1 heterocycles. The van der Waals surface area contributed by atoms with Gasteiger partial charge < -0.3 is 10.2 Å². The summed E-state index contributed by atoms with van der Waals surface area (Å²) in [5, 5.41) is 2.72. The molecule has 0 radical (unpaired) electrons. The largest absolute Gasteiger partial charge is 0.339 e. The second-order valence-corrected chi connectivity index (χ2v) is 3.76. The van der Waals surface area contributed by atoms with Gasteiger partial charge in [-0.15, -0.1) is 0 Å². The molecule has 1 saturated heterocycles. The van der Waals surface area contributed by atoms with Crippen LogP contribution in [0.25, 0.3) is 0 Å². The molecule has 1 atom stereocenters. The Bertz CT molecular complexity index is 403. The first kappa shape index (κ1) is 10.7. The van der Waals surface area contributed by atoms with Crippen LogP contribution in [-0.2, 0) is 9.59 Å². The molecule has 84 valence electrons. The fourth-order valence-corrected chi connectivity index (χ4v) is 1.84. The van der Waals surface area contributed by atoms with Gasteiger partial charge in [-0.1, -0.05) is 30.3 Å². The lowest BCUT2D eigenvalue weighted by Crippen LogP contribution is -2.53. The molecule has 1 fully saturated rings. The molecule has 0 bridgehead atoms. The van der Waals surface area contributed by atoms with Crippen LogP contribution in [0.1, 0.15) is 18.5 Å². The maximum absolute atomic E-state index is 12.0. The summed E-state index contributed by atoms with van der Waals surface area (Å²) >= 11 is 0. The zero-order valence-corrected chi connectivity index (χ0v) is 9.14. The van der Waals surface area contributed by atoms with Gasteiger partial charge in [0.15, 0.2) is 0 Å². The summed E-state index contributed by atoms with van der Waals surface area (Å²) < 4.78 is 0. The van der Waals surface area contributed by atoms with Gasteiger partial charge in [-0.3, -0.25) is 9.59 Å². The van der Waals surface area contributed by atoms with Crippen LogP contribution >= 0.6 is 0 Å². The van der Waals surface area contributed by atoms with Crippen molar-refractivity contribution >= 4 is 11.8 Å². The van der Waals surface area contributed by atoms with Crippen molar-refractivity contribution < 1.29 is 9.59 Å². The number of nitrogens with one attached hydrogen (secondary N) is 1. The number of likely N-dealkylation sites (N-methyl/N-ethyl adjacent to an activating group) is 1. The van der Waals surface area contributed by atoms with Gasteiger partial charge in [0, 0.05) is 6.54 Å². The second kappa shape index (κ2) is 4.35. The molecule has 4 nitrogen and oxygen atoms in total. The van der Waals surface area contributed by atoms with Crippen molar-refractivity contribution in [2.24, 2.45) is 0 Å². The zero-order chi connectivity index (χ0) is 11.5. The molecule has 0 aliphatic carbocycles. The van der Waals surface area contributed by atoms with Crippen LogP contribution in [0, 0.1) is 0 Å². The quantitative estimate of drug-likeness (QED) is 0.794. The number of hydrogen-bond acceptors (Lipinski definition) is 2. The van der Waals surface area contributed by atoms with E-state index in [-0.39, 0.29) is 18.4 Å². The SMILES string of the molecule is CCN1CC(=O)NC(c2ccccc2)C1=O. The lowest BCUT2D eigenvalue weighted by molar-refractivity contribution is -0.144. The van der Waals surface area contributed by atoms with Crippen molar-refractivity contribution in [3.8, 4) is 0 Å². The van der Waals surface area contributed by atoms with Crippen LogP contribution < -0.4 is 5.32 Å². The van der Waals surface area contributed by atoms with E-state index < -0.39 is 6.04 Å². The number of piperazine rings is 1. The Morgan fingerprint density at radius 1 is 1.31 bits per heavy atom. The average Bonchev–Trinajstić information content (AvgIpc) is 2.33. The molecule has 2 amide bonds. The third-order valence-corrected chi connectivity index (χ3v) is 2.71. The number of benzene rings is 1. The average molecular weight is 218 g/mol. The first-order valence-electron chi connectivity index (χ1n) is 5.35. The minimum Gasteiger partial charge on any atom is -0.339 e. The normalized spacial score (nSPS) is 20.8. The molecular formula is C12H14N2O2. The summed E-state index contributed by atoms with van der Waals surface area (Å²) in [4.78, 5) is 25.0. The van der Waals surface area contributed by atoms with E-state index in [2.05, 4.69) is 5.32 Å². The van der Waals surface area contributed by atoms with Crippen molar-refractivity contribution in [3.63, 3.8) is 0 Å². The number of hydrogen-bond donors (Lipinski definition) is 1. The minimum absolute atomic E-state index is 0.0340. The van der Waals surface area contributed by atoms with Crippen molar-refractivity contribution in [2.75, 3.05) is 13.1 Å². The smallest absolute Gasteiger partial charge is 0.250 e. The zero-order valence-electron chi connectivity index (χ0n) is 9.14. The summed E-state index contributed by atoms with van der Waals surface area (Å²) in [6.45, 7) is 2.60. The Hall–Kier alpha value is -1.84. The lowest BCUT2D eigenvalue weighted by Gasteiger charge is -2.31. The van der Waals surface area contributed by atoms with Crippen molar-refractivity contribution in [3.05, 3.63) is 35.9 Å². The highest BCUT2D eigenvalue weighted by molar-refractivity contribution is 5.95. The van der Waals surface area contributed by atoms with Gasteiger partial charge in [-0.25, -0.2) is 0 Å². The van der Waals surface area contributed by atoms with E-state index in [1.54, 1.807) is 4.90 Å². The van der Waals surface area contributed by atoms with Crippen molar-refractivity contribution in [2.45, 2.75) is 13.0 Å². The number of rotatable bonds is 2. The Morgan fingerprint density at radius 3 is 2.62 bits per heavy atom. The van der Waals surface area contributed by atoms with E-state index in [1.165, 1.54) is 0 Å². The third kappa shape index (κ3) is 1.91. The third-order valence-electron chi connectivity index (χ3n) is 2.71. The van der Waals surface area contributed by atoms with Crippen LogP contribution in [0.3, 0.4) is 0 Å². The Kier molecular flexibility index (Phi) is 2.90. The molecule has 4 heteroatoms. The number of nitrogens with zero attached hydrogens (tertiary/aromatic N) is 1. The highest BCUT2D eigenvalue weighted by Crippen LogP contribution is 2.18. The van der Waals surface area contributed by atoms with Gasteiger partial charge in [-0.05, 0) is 12.5 Å². The number of amides is 2. The summed E-state index contributed by atoms with van der Waals surface area (Å²) in [6, 6.07) is 8.78. The first-order valence-corrected chi connectivity index (χ1v) is 5.35. The van der Waals surface area contributed by atoms with Crippen LogP contribution in [0.4, 0.5) is 0 Å². The van der Waals surface area contributed by atoms with Crippen LogP contribution in [0.2, 0.25) is 0 Å². The fraction of sp³-hybridized carbons (Fsp3) is 0.333. The molecule has 0 spiro atoms. The molecule has 1 aliphatic rings. The predicted octanol–water partition coefficient (Wildman–Crippen LogP) is 0.706. The summed E-state index contributed by atoms with van der Waals surface area (Å²) in [7, 11) is 0. The molecule has 1 N–H and O–H groups in total. The van der Waals surface area contributed by atoms with Crippen LogP contribution in [-0.4, -0.2) is 29.8 Å². The van der Waals surface area contributed by atoms with Gasteiger partial charge in [0.05, 0.1) is 6.54 Å².